The van der Waals surface area contributed by atoms with Crippen LogP contribution < -0.4 is 11.1 Å². The molecule has 0 spiro atoms. The van der Waals surface area contributed by atoms with Crippen LogP contribution in [0.2, 0.25) is 0 Å². The molecule has 3 aliphatic carbocycles. The number of likely N-dealkylation sites (tertiary alicyclic amines) is 1. The lowest BCUT2D eigenvalue weighted by molar-refractivity contribution is -0.140. The molecule has 4 aliphatic rings. The summed E-state index contributed by atoms with van der Waals surface area (Å²) in [4.78, 5) is 41.3. The predicted octanol–water partition coefficient (Wildman–Crippen LogP) is 1.11. The summed E-state index contributed by atoms with van der Waals surface area (Å²) >= 11 is 0. The van der Waals surface area contributed by atoms with Gasteiger partial charge < -0.3 is 36.0 Å². The summed E-state index contributed by atoms with van der Waals surface area (Å²) in [5.41, 5.74) is 6.29. The van der Waals surface area contributed by atoms with Crippen LogP contribution in [0, 0.1) is 17.8 Å². The Morgan fingerprint density at radius 1 is 1.18 bits per heavy atom. The maximum atomic E-state index is 13.8. The van der Waals surface area contributed by atoms with Crippen molar-refractivity contribution in [2.45, 2.75) is 50.8 Å². The SMILES string of the molecule is COC1=C(C(N)=O)C(=O)C2C(=O)C3=C(O)c4c(ccc(CNC5CCN(C)CC5)c4O)[C@H](C)[C@H]3[C@H](O)C2C1. The largest absolute Gasteiger partial charge is 0.507 e. The van der Waals surface area contributed by atoms with Gasteiger partial charge in [0, 0.05) is 42.0 Å². The molecule has 5 atom stereocenters. The van der Waals surface area contributed by atoms with E-state index < -0.39 is 53.0 Å². The molecule has 0 bridgehead atoms. The van der Waals surface area contributed by atoms with Crippen molar-refractivity contribution in [2.24, 2.45) is 23.5 Å². The molecule has 1 aromatic carbocycles. The van der Waals surface area contributed by atoms with E-state index in [9.17, 15) is 29.7 Å². The summed E-state index contributed by atoms with van der Waals surface area (Å²) in [6, 6.07) is 3.93. The molecule has 0 aromatic heterocycles. The number of rotatable bonds is 5. The fourth-order valence-corrected chi connectivity index (χ4v) is 6.80. The van der Waals surface area contributed by atoms with Crippen LogP contribution in [0.4, 0.5) is 0 Å². The second-order valence-corrected chi connectivity index (χ2v) is 11.0. The molecular formula is C28H35N3O7. The number of methoxy groups -OCH3 is 1. The number of aromatic hydroxyl groups is 1. The summed E-state index contributed by atoms with van der Waals surface area (Å²) < 4.78 is 5.24. The summed E-state index contributed by atoms with van der Waals surface area (Å²) in [7, 11) is 3.39. The molecule has 2 unspecified atom stereocenters. The lowest BCUT2D eigenvalue weighted by atomic mass is 9.57. The van der Waals surface area contributed by atoms with Crippen LogP contribution in [0.15, 0.2) is 29.0 Å². The van der Waals surface area contributed by atoms with Gasteiger partial charge in [0.2, 0.25) is 0 Å². The molecule has 10 nitrogen and oxygen atoms in total. The Hall–Kier alpha value is -3.21. The first kappa shape index (κ1) is 26.4. The number of nitrogens with zero attached hydrogens (tertiary/aromatic N) is 1. The number of aliphatic hydroxyl groups is 2. The smallest absolute Gasteiger partial charge is 0.255 e. The van der Waals surface area contributed by atoms with Crippen LogP contribution in [-0.2, 0) is 25.7 Å². The Kier molecular flexibility index (Phi) is 6.83. The van der Waals surface area contributed by atoms with E-state index in [2.05, 4.69) is 17.3 Å². The fourth-order valence-electron chi connectivity index (χ4n) is 6.80. The van der Waals surface area contributed by atoms with Gasteiger partial charge in [-0.15, -0.1) is 0 Å². The molecule has 10 heteroatoms. The van der Waals surface area contributed by atoms with E-state index in [0.717, 1.165) is 25.9 Å². The minimum absolute atomic E-state index is 0.00494. The van der Waals surface area contributed by atoms with Gasteiger partial charge >= 0.3 is 0 Å². The minimum atomic E-state index is -1.37. The van der Waals surface area contributed by atoms with Gasteiger partial charge in [-0.3, -0.25) is 14.4 Å². The topological polar surface area (TPSA) is 162 Å². The van der Waals surface area contributed by atoms with Crippen molar-refractivity contribution in [2.75, 3.05) is 27.2 Å². The third-order valence-electron chi connectivity index (χ3n) is 8.95. The minimum Gasteiger partial charge on any atom is -0.507 e. The molecule has 1 heterocycles. The van der Waals surface area contributed by atoms with Crippen molar-refractivity contribution in [3.05, 3.63) is 45.7 Å². The van der Waals surface area contributed by atoms with Crippen molar-refractivity contribution in [1.29, 1.82) is 0 Å². The van der Waals surface area contributed by atoms with Gasteiger partial charge in [-0.05, 0) is 44.5 Å². The quantitative estimate of drug-likeness (QED) is 0.280. The first-order valence-corrected chi connectivity index (χ1v) is 13.1. The number of allylic oxidation sites excluding steroid dienone is 1. The normalized spacial score (nSPS) is 30.2. The van der Waals surface area contributed by atoms with Gasteiger partial charge in [-0.25, -0.2) is 0 Å². The van der Waals surface area contributed by atoms with Crippen molar-refractivity contribution in [3.63, 3.8) is 0 Å². The van der Waals surface area contributed by atoms with Crippen LogP contribution in [0.1, 0.15) is 48.8 Å². The van der Waals surface area contributed by atoms with E-state index in [1.165, 1.54) is 7.11 Å². The van der Waals surface area contributed by atoms with Crippen LogP contribution in [0.25, 0.3) is 5.76 Å². The number of Topliss-reactive ketones (excluding diaryl/α,β-unsaturated/α-hetero) is 2. The Bertz CT molecular complexity index is 1260. The van der Waals surface area contributed by atoms with Crippen molar-refractivity contribution >= 4 is 23.2 Å². The van der Waals surface area contributed by atoms with Gasteiger partial charge in [0.05, 0.1) is 24.7 Å². The standard InChI is InChI=1S/C28H35N3O7/c1-12-15-5-4-13(11-30-14-6-8-31(2)9-7-14)23(32)19(15)26(35)22-18(12)24(33)16-10-17(38-3)21(28(29)37)25(34)20(16)27(22)36/h4-5,12,14,16,18,20,24,30,32-33,35H,6-11H2,1-3H3,(H2,29,37)/t12-,16?,18+,20?,24+/m0/s1. The molecule has 1 saturated carbocycles. The Labute approximate surface area is 221 Å². The number of ketones is 2. The molecular weight excluding hydrogens is 490 g/mol. The second kappa shape index (κ2) is 9.83. The number of phenolic OH excluding ortho intramolecular Hbond substituents is 1. The zero-order valence-electron chi connectivity index (χ0n) is 21.9. The maximum Gasteiger partial charge on any atom is 0.255 e. The van der Waals surface area contributed by atoms with E-state index in [0.29, 0.717) is 23.7 Å². The van der Waals surface area contributed by atoms with Gasteiger partial charge in [0.25, 0.3) is 5.91 Å². The predicted molar refractivity (Wildman–Crippen MR) is 138 cm³/mol. The first-order valence-electron chi connectivity index (χ1n) is 13.1. The number of ether oxygens (including phenoxy) is 1. The van der Waals surface area contributed by atoms with E-state index in [1.54, 1.807) is 6.07 Å². The van der Waals surface area contributed by atoms with E-state index in [4.69, 9.17) is 10.5 Å². The molecule has 0 radical (unpaired) electrons. The summed E-state index contributed by atoms with van der Waals surface area (Å²) in [6.07, 6.45) is 0.807. The molecule has 1 aromatic rings. The number of nitrogens with two attached hydrogens (primary N) is 1. The summed E-state index contributed by atoms with van der Waals surface area (Å²) in [6.45, 7) is 4.20. The molecule has 5 rings (SSSR count). The van der Waals surface area contributed by atoms with Crippen molar-refractivity contribution in [1.82, 2.24) is 10.2 Å². The van der Waals surface area contributed by atoms with Gasteiger partial charge in [0.15, 0.2) is 11.6 Å². The van der Waals surface area contributed by atoms with E-state index in [-0.39, 0.29) is 34.6 Å². The number of hydrogen-bond acceptors (Lipinski definition) is 9. The van der Waals surface area contributed by atoms with Crippen LogP contribution in [-0.4, -0.2) is 77.1 Å². The molecule has 204 valence electrons. The highest BCUT2D eigenvalue weighted by Gasteiger charge is 2.57. The number of piperidine rings is 1. The molecule has 38 heavy (non-hydrogen) atoms. The molecule has 1 aliphatic heterocycles. The molecule has 1 saturated heterocycles. The van der Waals surface area contributed by atoms with E-state index >= 15 is 0 Å². The average molecular weight is 526 g/mol. The monoisotopic (exact) mass is 525 g/mol. The van der Waals surface area contributed by atoms with Crippen molar-refractivity contribution < 1.29 is 34.4 Å². The highest BCUT2D eigenvalue weighted by Crippen LogP contribution is 2.54. The lowest BCUT2D eigenvalue weighted by Crippen LogP contribution is -2.54. The Morgan fingerprint density at radius 2 is 1.87 bits per heavy atom. The lowest BCUT2D eigenvalue weighted by Gasteiger charge is -2.46. The highest BCUT2D eigenvalue weighted by atomic mass is 16.5. The Morgan fingerprint density at radius 3 is 2.50 bits per heavy atom. The number of phenols is 1. The number of carbonyl (C=O) groups is 3. The number of hydrogen-bond donors (Lipinski definition) is 5. The third-order valence-corrected chi connectivity index (χ3v) is 8.95. The van der Waals surface area contributed by atoms with Crippen LogP contribution in [0.5, 0.6) is 5.75 Å². The number of aliphatic hydroxyl groups excluding tert-OH is 2. The van der Waals surface area contributed by atoms with Gasteiger partial charge in [-0.1, -0.05) is 19.1 Å². The summed E-state index contributed by atoms with van der Waals surface area (Å²) in [5.74, 6) is -6.41. The van der Waals surface area contributed by atoms with E-state index in [1.807, 2.05) is 13.0 Å². The number of nitrogens with one attached hydrogen (secondary N) is 1. The first-order chi connectivity index (χ1) is 18.1. The number of carbonyl (C=O) groups excluding carboxylic acids is 3. The average Bonchev–Trinajstić information content (AvgIpc) is 2.88. The zero-order valence-corrected chi connectivity index (χ0v) is 21.9. The fraction of sp³-hybridized carbons (Fsp3) is 0.536. The van der Waals surface area contributed by atoms with Crippen LogP contribution >= 0.6 is 0 Å². The highest BCUT2D eigenvalue weighted by molar-refractivity contribution is 6.28. The number of fused-ring (bicyclic) bond motifs is 3. The number of amides is 1. The Balaban J connectivity index is 1.52. The molecule has 1 amide bonds. The third kappa shape index (κ3) is 4.02. The summed E-state index contributed by atoms with van der Waals surface area (Å²) in [5, 5.41) is 37.5. The number of primary amides is 1. The molecule has 2 fully saturated rings. The number of benzene rings is 1. The maximum absolute atomic E-state index is 13.8. The molecule has 6 N–H and O–H groups in total. The van der Waals surface area contributed by atoms with Crippen molar-refractivity contribution in [3.8, 4) is 5.75 Å². The van der Waals surface area contributed by atoms with Gasteiger partial charge in [-0.2, -0.15) is 0 Å². The zero-order chi connectivity index (χ0) is 27.5. The van der Waals surface area contributed by atoms with Gasteiger partial charge in [0.1, 0.15) is 22.8 Å². The second-order valence-electron chi connectivity index (χ2n) is 11.0. The van der Waals surface area contributed by atoms with Crippen LogP contribution in [0.3, 0.4) is 0 Å².